The number of hydrogen-bond donors (Lipinski definition) is 0. The minimum Gasteiger partial charge on any atom is -0.329 e. The predicted molar refractivity (Wildman–Crippen MR) is 77.1 cm³/mol. The third-order valence-corrected chi connectivity index (χ3v) is 4.37. The molecule has 2 unspecified atom stereocenters. The van der Waals surface area contributed by atoms with Gasteiger partial charge in [0.25, 0.3) is 0 Å². The van der Waals surface area contributed by atoms with E-state index in [4.69, 9.17) is 0 Å². The summed E-state index contributed by atoms with van der Waals surface area (Å²) in [6.07, 6.45) is -8.28. The lowest BCUT2D eigenvalue weighted by molar-refractivity contribution is -0.149. The van der Waals surface area contributed by atoms with E-state index in [-0.39, 0.29) is 18.9 Å². The number of hydrogen-bond acceptors (Lipinski definition) is 4. The average molecular weight is 396 g/mol. The maximum absolute atomic E-state index is 12.9. The molecule has 3 heterocycles. The quantitative estimate of drug-likeness (QED) is 0.732. The van der Waals surface area contributed by atoms with Crippen LogP contribution in [0.25, 0.3) is 0 Å². The van der Waals surface area contributed by atoms with Crippen LogP contribution in [0.15, 0.2) is 12.3 Å². The highest BCUT2D eigenvalue weighted by molar-refractivity contribution is 5.80. The van der Waals surface area contributed by atoms with Crippen molar-refractivity contribution in [1.29, 1.82) is 0 Å². The van der Waals surface area contributed by atoms with Gasteiger partial charge in [-0.15, -0.1) is 10.2 Å². The van der Waals surface area contributed by atoms with E-state index in [1.54, 1.807) is 0 Å². The second kappa shape index (κ2) is 6.23. The fraction of sp³-hybridized carbons (Fsp3) is 0.571. The summed E-state index contributed by atoms with van der Waals surface area (Å²) in [4.78, 5) is 13.9. The standard InChI is InChI=1S/C14H14F6N6O/c1-7-10-21-22-12(14(18,19)20)25(10)6-5-24(7)11(27)8(2)26-4-3-9(23-26)13(15,16)17/h3-4,7-8H,5-6H2,1-2H3. The number of rotatable bonds is 2. The van der Waals surface area contributed by atoms with Gasteiger partial charge in [0, 0.05) is 19.3 Å². The molecule has 0 N–H and O–H groups in total. The number of carbonyl (C=O) groups excluding carboxylic acids is 1. The fourth-order valence-electron chi connectivity index (χ4n) is 2.95. The van der Waals surface area contributed by atoms with Crippen LogP contribution in [0.4, 0.5) is 26.3 Å². The van der Waals surface area contributed by atoms with Crippen molar-refractivity contribution in [3.8, 4) is 0 Å². The Morgan fingerprint density at radius 2 is 1.81 bits per heavy atom. The van der Waals surface area contributed by atoms with Crippen LogP contribution in [0.3, 0.4) is 0 Å². The van der Waals surface area contributed by atoms with Gasteiger partial charge in [0.1, 0.15) is 6.04 Å². The lowest BCUT2D eigenvalue weighted by Crippen LogP contribution is -2.44. The number of alkyl halides is 6. The molecule has 0 aliphatic carbocycles. The Morgan fingerprint density at radius 1 is 1.15 bits per heavy atom. The van der Waals surface area contributed by atoms with Gasteiger partial charge in [-0.1, -0.05) is 0 Å². The van der Waals surface area contributed by atoms with Crippen molar-refractivity contribution in [3.63, 3.8) is 0 Å². The molecular formula is C14H14F6N6O. The van der Waals surface area contributed by atoms with Crippen molar-refractivity contribution in [2.45, 2.75) is 44.8 Å². The van der Waals surface area contributed by atoms with Gasteiger partial charge in [-0.3, -0.25) is 9.48 Å². The number of carbonyl (C=O) groups is 1. The first-order valence-electron chi connectivity index (χ1n) is 7.84. The molecule has 0 saturated heterocycles. The van der Waals surface area contributed by atoms with E-state index in [1.807, 2.05) is 0 Å². The lowest BCUT2D eigenvalue weighted by Gasteiger charge is -2.35. The van der Waals surface area contributed by atoms with E-state index in [2.05, 4.69) is 15.3 Å². The zero-order valence-electron chi connectivity index (χ0n) is 14.1. The van der Waals surface area contributed by atoms with E-state index in [1.165, 1.54) is 18.7 Å². The fourth-order valence-corrected chi connectivity index (χ4v) is 2.95. The largest absolute Gasteiger partial charge is 0.451 e. The molecule has 1 aliphatic rings. The van der Waals surface area contributed by atoms with Crippen molar-refractivity contribution in [2.24, 2.45) is 0 Å². The molecule has 2 aromatic heterocycles. The van der Waals surface area contributed by atoms with Gasteiger partial charge in [0.2, 0.25) is 11.7 Å². The molecule has 2 atom stereocenters. The number of nitrogens with zero attached hydrogens (tertiary/aromatic N) is 6. The monoisotopic (exact) mass is 396 g/mol. The van der Waals surface area contributed by atoms with Gasteiger partial charge in [0.05, 0.1) is 6.04 Å². The maximum atomic E-state index is 12.9. The molecule has 1 aliphatic heterocycles. The molecule has 0 bridgehead atoms. The second-order valence-corrected chi connectivity index (χ2v) is 6.09. The van der Waals surface area contributed by atoms with Crippen LogP contribution in [0, 0.1) is 0 Å². The van der Waals surface area contributed by atoms with Crippen molar-refractivity contribution in [3.05, 3.63) is 29.6 Å². The van der Waals surface area contributed by atoms with Crippen LogP contribution in [-0.2, 0) is 23.7 Å². The first-order valence-corrected chi connectivity index (χ1v) is 7.84. The van der Waals surface area contributed by atoms with Crippen molar-refractivity contribution in [1.82, 2.24) is 29.4 Å². The molecule has 27 heavy (non-hydrogen) atoms. The van der Waals surface area contributed by atoms with Crippen LogP contribution in [0.1, 0.15) is 43.3 Å². The van der Waals surface area contributed by atoms with E-state index in [9.17, 15) is 31.1 Å². The molecule has 0 radical (unpaired) electrons. The van der Waals surface area contributed by atoms with Crippen molar-refractivity contribution in [2.75, 3.05) is 6.54 Å². The molecule has 7 nitrogen and oxygen atoms in total. The zero-order chi connectivity index (χ0) is 20.1. The molecule has 1 amide bonds. The molecule has 13 heteroatoms. The molecule has 0 spiro atoms. The summed E-state index contributed by atoms with van der Waals surface area (Å²) in [5, 5.41) is 10.1. The first-order chi connectivity index (χ1) is 12.4. The average Bonchev–Trinajstić information content (AvgIpc) is 3.20. The van der Waals surface area contributed by atoms with E-state index >= 15 is 0 Å². The summed E-state index contributed by atoms with van der Waals surface area (Å²) >= 11 is 0. The number of amides is 1. The summed E-state index contributed by atoms with van der Waals surface area (Å²) in [5.74, 6) is -1.76. The SMILES string of the molecule is CC1c2nnc(C(F)(F)F)n2CCN1C(=O)C(C)n1ccc(C(F)(F)F)n1. The Hall–Kier alpha value is -2.60. The van der Waals surface area contributed by atoms with Gasteiger partial charge in [-0.2, -0.15) is 31.4 Å². The minimum atomic E-state index is -4.67. The third kappa shape index (κ3) is 3.37. The van der Waals surface area contributed by atoms with Gasteiger partial charge in [-0.25, -0.2) is 0 Å². The topological polar surface area (TPSA) is 68.8 Å². The summed E-state index contributed by atoms with van der Waals surface area (Å²) < 4.78 is 78.6. The zero-order valence-corrected chi connectivity index (χ0v) is 14.1. The minimum absolute atomic E-state index is 0.0365. The molecular weight excluding hydrogens is 382 g/mol. The summed E-state index contributed by atoms with van der Waals surface area (Å²) in [7, 11) is 0. The van der Waals surface area contributed by atoms with Gasteiger partial charge >= 0.3 is 12.4 Å². The van der Waals surface area contributed by atoms with Gasteiger partial charge in [-0.05, 0) is 19.9 Å². The van der Waals surface area contributed by atoms with E-state index in [0.29, 0.717) is 0 Å². The molecule has 2 aromatic rings. The van der Waals surface area contributed by atoms with Crippen LogP contribution < -0.4 is 0 Å². The molecule has 0 aromatic carbocycles. The van der Waals surface area contributed by atoms with Crippen LogP contribution >= 0.6 is 0 Å². The van der Waals surface area contributed by atoms with E-state index in [0.717, 1.165) is 21.5 Å². The Kier molecular flexibility index (Phi) is 4.43. The summed E-state index contributed by atoms with van der Waals surface area (Å²) in [5.41, 5.74) is -1.14. The first kappa shape index (κ1) is 19.2. The molecule has 148 valence electrons. The highest BCUT2D eigenvalue weighted by Crippen LogP contribution is 2.33. The second-order valence-electron chi connectivity index (χ2n) is 6.09. The predicted octanol–water partition coefficient (Wildman–Crippen LogP) is 2.68. The maximum Gasteiger partial charge on any atom is 0.451 e. The Bertz CT molecular complexity index is 853. The Morgan fingerprint density at radius 3 is 2.37 bits per heavy atom. The molecule has 0 saturated carbocycles. The van der Waals surface area contributed by atoms with Crippen LogP contribution in [0.2, 0.25) is 0 Å². The number of halogens is 6. The van der Waals surface area contributed by atoms with Gasteiger partial charge < -0.3 is 9.47 Å². The normalized spacial score (nSPS) is 19.1. The Balaban J connectivity index is 1.82. The smallest absolute Gasteiger partial charge is 0.329 e. The molecule has 0 fully saturated rings. The number of fused-ring (bicyclic) bond motifs is 1. The van der Waals surface area contributed by atoms with Crippen molar-refractivity contribution < 1.29 is 31.1 Å². The highest BCUT2D eigenvalue weighted by atomic mass is 19.4. The van der Waals surface area contributed by atoms with Crippen molar-refractivity contribution >= 4 is 5.91 Å². The third-order valence-electron chi connectivity index (χ3n) is 4.37. The highest BCUT2D eigenvalue weighted by Gasteiger charge is 2.42. The Labute approximate surface area is 148 Å². The molecule has 3 rings (SSSR count). The lowest BCUT2D eigenvalue weighted by atomic mass is 10.1. The number of aromatic nitrogens is 5. The summed E-state index contributed by atoms with van der Waals surface area (Å²) in [6.45, 7) is 2.61. The summed E-state index contributed by atoms with van der Waals surface area (Å²) in [6, 6.07) is -1.15. The van der Waals surface area contributed by atoms with Crippen LogP contribution in [0.5, 0.6) is 0 Å². The van der Waals surface area contributed by atoms with Crippen LogP contribution in [-0.4, -0.2) is 41.9 Å². The van der Waals surface area contributed by atoms with Gasteiger partial charge in [0.15, 0.2) is 11.5 Å². The van der Waals surface area contributed by atoms with E-state index < -0.39 is 41.9 Å².